The first kappa shape index (κ1) is 7.34. The van der Waals surface area contributed by atoms with Gasteiger partial charge in [-0.2, -0.15) is 0 Å². The first-order chi connectivity index (χ1) is 4.39. The van der Waals surface area contributed by atoms with Crippen LogP contribution >= 0.6 is 0 Å². The van der Waals surface area contributed by atoms with Crippen LogP contribution in [0.25, 0.3) is 0 Å². The molecule has 0 bridgehead atoms. The van der Waals surface area contributed by atoms with Crippen molar-refractivity contribution in [2.45, 2.75) is 37.0 Å². The average Bonchev–Trinajstić information content (AvgIpc) is 1.79. The van der Waals surface area contributed by atoms with Crippen molar-refractivity contribution >= 4 is 0 Å². The molecule has 0 aromatic heterocycles. The van der Waals surface area contributed by atoms with Gasteiger partial charge in [0, 0.05) is 0 Å². The van der Waals surface area contributed by atoms with E-state index in [2.05, 4.69) is 12.2 Å². The van der Waals surface area contributed by atoms with Crippen LogP contribution in [0, 0.1) is 0 Å². The van der Waals surface area contributed by atoms with Crippen molar-refractivity contribution in [1.29, 1.82) is 0 Å². The molecule has 0 heterocycles. The number of hydrogen-bond donors (Lipinski definition) is 0. The summed E-state index contributed by atoms with van der Waals surface area (Å²) in [6, 6.07) is 0. The van der Waals surface area contributed by atoms with E-state index in [1.807, 2.05) is 0 Å². The van der Waals surface area contributed by atoms with Crippen molar-refractivity contribution in [2.24, 2.45) is 0 Å². The predicted molar refractivity (Wildman–Crippen MR) is 36.0 cm³/mol. The summed E-state index contributed by atoms with van der Waals surface area (Å²) in [4.78, 5) is 0.593. The molecule has 1 unspecified atom stereocenters. The molecule has 0 aromatic rings. The maximum atomic E-state index is 4.92. The Morgan fingerprint density at radius 1 is 1.11 bits per heavy atom. The van der Waals surface area contributed by atoms with Crippen LogP contribution in [0.5, 0.6) is 0 Å². The molecule has 9 heavy (non-hydrogen) atoms. The molecule has 0 aromatic carbocycles. The summed E-state index contributed by atoms with van der Waals surface area (Å²) in [5.41, 5.74) is 0. The summed E-state index contributed by atoms with van der Waals surface area (Å²) in [6.45, 7) is 0. The van der Waals surface area contributed by atoms with Gasteiger partial charge in [-0.1, -0.05) is 0 Å². The van der Waals surface area contributed by atoms with E-state index in [1.165, 1.54) is 32.1 Å². The van der Waals surface area contributed by atoms with Crippen LogP contribution in [0.1, 0.15) is 32.1 Å². The van der Waals surface area contributed by atoms with Gasteiger partial charge in [-0.3, -0.25) is 0 Å². The third-order valence-corrected chi connectivity index (χ3v) is 2.24. The van der Waals surface area contributed by atoms with Gasteiger partial charge in [-0.15, -0.1) is 0 Å². The Kier molecular flexibility index (Phi) is 3.36. The SMILES string of the molecule is [Ni+][CH]1CCC=CCCC1. The molecule has 0 amide bonds. The maximum absolute atomic E-state index is 4.92. The Labute approximate surface area is 65.1 Å². The third-order valence-electron chi connectivity index (χ3n) is 1.67. The van der Waals surface area contributed by atoms with Crippen molar-refractivity contribution in [3.8, 4) is 0 Å². The van der Waals surface area contributed by atoms with Crippen molar-refractivity contribution in [3.63, 3.8) is 0 Å². The van der Waals surface area contributed by atoms with E-state index in [1.54, 1.807) is 0 Å². The van der Waals surface area contributed by atoms with Crippen LogP contribution in [-0.4, -0.2) is 0 Å². The van der Waals surface area contributed by atoms with E-state index >= 15 is 0 Å². The Morgan fingerprint density at radius 3 is 2.78 bits per heavy atom. The molecule has 0 N–H and O–H groups in total. The minimum absolute atomic E-state index is 0.593. The zero-order valence-corrected chi connectivity index (χ0v) is 6.57. The van der Waals surface area contributed by atoms with Crippen molar-refractivity contribution in [3.05, 3.63) is 12.2 Å². The van der Waals surface area contributed by atoms with Gasteiger partial charge in [0.25, 0.3) is 0 Å². The second kappa shape index (κ2) is 4.11. The molecule has 1 atom stereocenters. The molecule has 0 saturated carbocycles. The summed E-state index contributed by atoms with van der Waals surface area (Å²) in [6.07, 6.45) is 10.8. The summed E-state index contributed by atoms with van der Waals surface area (Å²) >= 11 is 4.92. The molecule has 0 fully saturated rings. The van der Waals surface area contributed by atoms with Crippen molar-refractivity contribution in [1.82, 2.24) is 0 Å². The van der Waals surface area contributed by atoms with Gasteiger partial charge in [-0.25, -0.2) is 0 Å². The molecular formula is C8H13Ni+. The van der Waals surface area contributed by atoms with E-state index in [0.717, 1.165) is 0 Å². The summed E-state index contributed by atoms with van der Waals surface area (Å²) in [7, 11) is 0. The fraction of sp³-hybridized carbons (Fsp3) is 0.750. The second-order valence-corrected chi connectivity index (χ2v) is 3.33. The van der Waals surface area contributed by atoms with Gasteiger partial charge in [-0.05, 0) is 0 Å². The van der Waals surface area contributed by atoms with E-state index in [4.69, 9.17) is 15.5 Å². The predicted octanol–water partition coefficient (Wildman–Crippen LogP) is 2.84. The first-order valence-corrected chi connectivity index (χ1v) is 4.22. The van der Waals surface area contributed by atoms with Crippen LogP contribution in [0.15, 0.2) is 12.2 Å². The first-order valence-electron chi connectivity index (χ1n) is 3.65. The van der Waals surface area contributed by atoms with Crippen LogP contribution in [-0.2, 0) is 15.5 Å². The topological polar surface area (TPSA) is 0 Å². The molecule has 1 rings (SSSR count). The van der Waals surface area contributed by atoms with Crippen molar-refractivity contribution < 1.29 is 15.5 Å². The fourth-order valence-electron chi connectivity index (χ4n) is 1.09. The van der Waals surface area contributed by atoms with Gasteiger partial charge in [0.05, 0.1) is 0 Å². The zero-order chi connectivity index (χ0) is 6.53. The Balaban J connectivity index is 2.27. The second-order valence-electron chi connectivity index (χ2n) is 2.53. The van der Waals surface area contributed by atoms with Crippen LogP contribution in [0.3, 0.4) is 0 Å². The standard InChI is InChI=1S/C8H13.Ni/c1-2-4-6-8-7-5-3-1;/h1-2,7H,3-6,8H2;/q;+1. The average molecular weight is 168 g/mol. The molecule has 54 valence electrons. The number of rotatable bonds is 0. The van der Waals surface area contributed by atoms with E-state index in [9.17, 15) is 0 Å². The van der Waals surface area contributed by atoms with Crippen LogP contribution in [0.2, 0.25) is 4.89 Å². The van der Waals surface area contributed by atoms with E-state index in [-0.39, 0.29) is 0 Å². The minimum atomic E-state index is 0.593. The van der Waals surface area contributed by atoms with Gasteiger partial charge >= 0.3 is 64.6 Å². The Hall–Kier alpha value is 0.234. The molecule has 0 spiro atoms. The third kappa shape index (κ3) is 3.05. The quantitative estimate of drug-likeness (QED) is 0.385. The zero-order valence-electron chi connectivity index (χ0n) is 5.58. The number of allylic oxidation sites excluding steroid dienone is 2. The molecule has 0 aliphatic heterocycles. The summed E-state index contributed by atoms with van der Waals surface area (Å²) in [5.74, 6) is 0. The van der Waals surface area contributed by atoms with Gasteiger partial charge in [0.2, 0.25) is 0 Å². The summed E-state index contributed by atoms with van der Waals surface area (Å²) < 4.78 is 0. The number of hydrogen-bond acceptors (Lipinski definition) is 0. The van der Waals surface area contributed by atoms with E-state index in [0.29, 0.717) is 4.89 Å². The molecule has 1 aliphatic rings. The Morgan fingerprint density at radius 2 is 1.89 bits per heavy atom. The van der Waals surface area contributed by atoms with Crippen LogP contribution < -0.4 is 0 Å². The van der Waals surface area contributed by atoms with E-state index < -0.39 is 0 Å². The van der Waals surface area contributed by atoms with Gasteiger partial charge < -0.3 is 0 Å². The normalized spacial score (nSPS) is 29.3. The van der Waals surface area contributed by atoms with Gasteiger partial charge in [0.15, 0.2) is 0 Å². The molecule has 0 saturated heterocycles. The van der Waals surface area contributed by atoms with Gasteiger partial charge in [0.1, 0.15) is 0 Å². The van der Waals surface area contributed by atoms with Crippen molar-refractivity contribution in [2.75, 3.05) is 0 Å². The Bertz CT molecular complexity index is 96.7. The molecule has 1 heteroatoms. The molecule has 0 radical (unpaired) electrons. The summed E-state index contributed by atoms with van der Waals surface area (Å²) in [5, 5.41) is 0. The monoisotopic (exact) mass is 167 g/mol. The molecule has 0 nitrogen and oxygen atoms in total. The molecular weight excluding hydrogens is 155 g/mol. The molecule has 1 aliphatic carbocycles. The fourth-order valence-corrected chi connectivity index (χ4v) is 1.46. The van der Waals surface area contributed by atoms with Crippen LogP contribution in [0.4, 0.5) is 0 Å².